The quantitative estimate of drug-likeness (QED) is 0.182. The normalized spacial score (nSPS) is 11.8. The molecule has 0 unspecified atom stereocenters. The molecule has 0 saturated heterocycles. The number of nitrogens with one attached hydrogen (secondary N) is 4. The van der Waals surface area contributed by atoms with Crippen molar-refractivity contribution in [3.05, 3.63) is 109 Å². The van der Waals surface area contributed by atoms with E-state index in [2.05, 4.69) is 107 Å². The number of benzene rings is 4. The predicted molar refractivity (Wildman–Crippen MR) is 164 cm³/mol. The van der Waals surface area contributed by atoms with E-state index in [0.29, 0.717) is 0 Å². The molecule has 40 heavy (non-hydrogen) atoms. The van der Waals surface area contributed by atoms with Crippen LogP contribution in [0.4, 0.5) is 0 Å². The third-order valence-electron chi connectivity index (χ3n) is 7.73. The molecule has 6 heteroatoms. The molecule has 4 bridgehead atoms. The van der Waals surface area contributed by atoms with Gasteiger partial charge in [0.05, 0.1) is 0 Å². The molecule has 0 saturated carbocycles. The Morgan fingerprint density at radius 1 is 0.525 bits per heavy atom. The highest BCUT2D eigenvalue weighted by atomic mass is 16.5. The number of ether oxygens (including phenoxy) is 1. The summed E-state index contributed by atoms with van der Waals surface area (Å²) in [4.78, 5) is 13.1. The zero-order chi connectivity index (χ0) is 26.8. The van der Waals surface area contributed by atoms with E-state index in [-0.39, 0.29) is 0 Å². The first-order valence-corrected chi connectivity index (χ1v) is 13.3. The molecule has 0 atom stereocenters. The second-order valence-electron chi connectivity index (χ2n) is 10.4. The van der Waals surface area contributed by atoms with Crippen molar-refractivity contribution in [3.8, 4) is 11.5 Å². The van der Waals surface area contributed by atoms with E-state index in [1.807, 2.05) is 24.5 Å². The van der Waals surface area contributed by atoms with Crippen molar-refractivity contribution in [1.82, 2.24) is 19.9 Å². The van der Waals surface area contributed by atoms with Crippen molar-refractivity contribution in [3.63, 3.8) is 0 Å². The van der Waals surface area contributed by atoms with Crippen LogP contribution in [0.3, 0.4) is 0 Å². The molecular weight excluding hydrogens is 496 g/mol. The molecule has 9 aromatic rings. The molecule has 0 fully saturated rings. The third-order valence-corrected chi connectivity index (χ3v) is 7.73. The van der Waals surface area contributed by atoms with Gasteiger partial charge in [-0.3, -0.25) is 0 Å². The van der Waals surface area contributed by atoms with Crippen LogP contribution in [0.25, 0.3) is 65.6 Å². The SMILES string of the molecule is Cc1cc(Oc2cc(C)c3[nH]ccc3c2)cc2cc[nH]c12.c1cc2[nH]cc3c2cc1oc1ccc2[nH]cc3c2c1. The molecule has 0 spiro atoms. The van der Waals surface area contributed by atoms with Gasteiger partial charge in [-0.05, 0) is 97.8 Å². The van der Waals surface area contributed by atoms with Crippen molar-refractivity contribution in [2.24, 2.45) is 0 Å². The fraction of sp³-hybridized carbons (Fsp3) is 0.0588. The molecule has 0 aliphatic heterocycles. The Morgan fingerprint density at radius 2 is 1.02 bits per heavy atom. The fourth-order valence-electron chi connectivity index (χ4n) is 5.81. The molecule has 4 N–H and O–H groups in total. The summed E-state index contributed by atoms with van der Waals surface area (Å²) in [5, 5.41) is 7.16. The van der Waals surface area contributed by atoms with Crippen LogP contribution in [-0.4, -0.2) is 19.9 Å². The highest BCUT2D eigenvalue weighted by Gasteiger charge is 2.09. The minimum absolute atomic E-state index is 0.869. The monoisotopic (exact) mass is 522 g/mol. The number of H-pyrrole nitrogens is 4. The summed E-state index contributed by atoms with van der Waals surface area (Å²) in [6, 6.07) is 24.7. The minimum Gasteiger partial charge on any atom is -0.457 e. The van der Waals surface area contributed by atoms with Crippen molar-refractivity contribution in [2.75, 3.05) is 0 Å². The van der Waals surface area contributed by atoms with Crippen molar-refractivity contribution in [2.45, 2.75) is 13.8 Å². The lowest BCUT2D eigenvalue weighted by Crippen LogP contribution is -1.87. The van der Waals surface area contributed by atoms with Crippen LogP contribution in [0.15, 0.2) is 102 Å². The Morgan fingerprint density at radius 3 is 1.52 bits per heavy atom. The van der Waals surface area contributed by atoms with Crippen molar-refractivity contribution >= 4 is 65.6 Å². The maximum atomic E-state index is 6.07. The highest BCUT2D eigenvalue weighted by molar-refractivity contribution is 6.15. The largest absolute Gasteiger partial charge is 0.457 e. The number of aromatic nitrogens is 4. The number of aromatic amines is 4. The van der Waals surface area contributed by atoms with Gasteiger partial charge in [-0.2, -0.15) is 0 Å². The first-order valence-electron chi connectivity index (χ1n) is 13.3. The standard InChI is InChI=1S/C18H16N2O.C16H10N2O/c1-11-7-15(9-13-3-5-19-17(11)13)21-16-8-12(2)18-14(10-16)4-6-20-18;1-3-15-11-5-9(1)19-10-2-4-16-12(6-10)14(8-18-16)13(11)7-17-15/h3-10,19-20H,1-2H3;1-8,17-18H. The van der Waals surface area contributed by atoms with E-state index in [9.17, 15) is 0 Å². The molecule has 5 aromatic heterocycles. The molecule has 0 aliphatic rings. The van der Waals surface area contributed by atoms with Gasteiger partial charge in [0.1, 0.15) is 22.7 Å². The van der Waals surface area contributed by atoms with Gasteiger partial charge in [0, 0.05) is 79.2 Å². The summed E-state index contributed by atoms with van der Waals surface area (Å²) in [6.07, 6.45) is 8.04. The van der Waals surface area contributed by atoms with Crippen LogP contribution >= 0.6 is 0 Å². The lowest BCUT2D eigenvalue weighted by atomic mass is 10.1. The zero-order valence-corrected chi connectivity index (χ0v) is 22.1. The maximum absolute atomic E-state index is 6.07. The Balaban J connectivity index is 0.000000123. The second kappa shape index (κ2) is 8.58. The summed E-state index contributed by atoms with van der Waals surface area (Å²) in [6.45, 7) is 4.18. The average molecular weight is 523 g/mol. The predicted octanol–water partition coefficient (Wildman–Crippen LogP) is 9.61. The van der Waals surface area contributed by atoms with E-state index in [4.69, 9.17) is 9.15 Å². The number of fused-ring (bicyclic) bond motifs is 5. The lowest BCUT2D eigenvalue weighted by molar-refractivity contribution is 0.483. The van der Waals surface area contributed by atoms with E-state index in [1.165, 1.54) is 54.5 Å². The zero-order valence-electron chi connectivity index (χ0n) is 22.1. The van der Waals surface area contributed by atoms with E-state index in [0.717, 1.165) is 33.7 Å². The number of rotatable bonds is 2. The first kappa shape index (κ1) is 22.6. The summed E-state index contributed by atoms with van der Waals surface area (Å²) in [5.41, 5.74) is 8.72. The Hall–Kier alpha value is -5.36. The van der Waals surface area contributed by atoms with Gasteiger partial charge in [-0.15, -0.1) is 0 Å². The smallest absolute Gasteiger partial charge is 0.128 e. The molecule has 0 radical (unpaired) electrons. The molecule has 9 rings (SSSR count). The second-order valence-corrected chi connectivity index (χ2v) is 10.4. The molecule has 5 heterocycles. The van der Waals surface area contributed by atoms with Gasteiger partial charge < -0.3 is 29.1 Å². The van der Waals surface area contributed by atoms with E-state index >= 15 is 0 Å². The van der Waals surface area contributed by atoms with E-state index in [1.54, 1.807) is 0 Å². The third kappa shape index (κ3) is 3.65. The number of hydrogen-bond donors (Lipinski definition) is 4. The van der Waals surface area contributed by atoms with Crippen molar-refractivity contribution in [1.29, 1.82) is 0 Å². The van der Waals surface area contributed by atoms with Crippen LogP contribution < -0.4 is 4.74 Å². The Kier molecular flexibility index (Phi) is 4.85. The van der Waals surface area contributed by atoms with Gasteiger partial charge in [-0.1, -0.05) is 0 Å². The fourth-order valence-corrected chi connectivity index (χ4v) is 5.81. The van der Waals surface area contributed by atoms with Gasteiger partial charge >= 0.3 is 0 Å². The molecular formula is C34H26N4O2. The molecule has 194 valence electrons. The highest BCUT2D eigenvalue weighted by Crippen LogP contribution is 2.32. The summed E-state index contributed by atoms with van der Waals surface area (Å²) >= 11 is 0. The average Bonchev–Trinajstić information content (AvgIpc) is 3.74. The summed E-state index contributed by atoms with van der Waals surface area (Å²) in [7, 11) is 0. The van der Waals surface area contributed by atoms with E-state index < -0.39 is 0 Å². The van der Waals surface area contributed by atoms with Crippen LogP contribution in [0.2, 0.25) is 0 Å². The van der Waals surface area contributed by atoms with Gasteiger partial charge in [0.25, 0.3) is 0 Å². The number of hydrogen-bond acceptors (Lipinski definition) is 2. The maximum Gasteiger partial charge on any atom is 0.128 e. The Bertz CT molecular complexity index is 2180. The van der Waals surface area contributed by atoms with Crippen LogP contribution in [0, 0.1) is 13.8 Å². The summed E-state index contributed by atoms with van der Waals surface area (Å²) < 4.78 is 12.0. The van der Waals surface area contributed by atoms with Gasteiger partial charge in [0.2, 0.25) is 0 Å². The van der Waals surface area contributed by atoms with Gasteiger partial charge in [0.15, 0.2) is 0 Å². The molecule has 0 amide bonds. The lowest BCUT2D eigenvalue weighted by Gasteiger charge is -2.09. The van der Waals surface area contributed by atoms with Gasteiger partial charge in [-0.25, -0.2) is 0 Å². The van der Waals surface area contributed by atoms with Crippen LogP contribution in [-0.2, 0) is 0 Å². The number of aryl methyl sites for hydroxylation is 2. The Labute approximate surface area is 228 Å². The van der Waals surface area contributed by atoms with Crippen molar-refractivity contribution < 1.29 is 9.15 Å². The van der Waals surface area contributed by atoms with Crippen LogP contribution in [0.5, 0.6) is 11.5 Å². The summed E-state index contributed by atoms with van der Waals surface area (Å²) in [5.74, 6) is 1.74. The van der Waals surface area contributed by atoms with Crippen LogP contribution in [0.1, 0.15) is 11.1 Å². The molecule has 0 aliphatic carbocycles. The molecule has 6 nitrogen and oxygen atoms in total. The minimum atomic E-state index is 0.869. The topological polar surface area (TPSA) is 85.5 Å². The first-order chi connectivity index (χ1) is 19.6. The molecule has 4 aromatic carbocycles.